The predicted molar refractivity (Wildman–Crippen MR) is 97.2 cm³/mol. The van der Waals surface area contributed by atoms with Gasteiger partial charge in [-0.1, -0.05) is 24.3 Å². The van der Waals surface area contributed by atoms with E-state index in [1.165, 1.54) is 11.8 Å². The molecule has 0 aromatic heterocycles. The van der Waals surface area contributed by atoms with E-state index in [4.69, 9.17) is 4.74 Å². The van der Waals surface area contributed by atoms with Gasteiger partial charge in [-0.15, -0.1) is 11.8 Å². The predicted octanol–water partition coefficient (Wildman–Crippen LogP) is 3.82. The second-order valence-corrected chi connectivity index (χ2v) is 7.27. The first kappa shape index (κ1) is 18.6. The highest BCUT2D eigenvalue weighted by atomic mass is 32.2. The van der Waals surface area contributed by atoms with Gasteiger partial charge < -0.3 is 10.1 Å². The van der Waals surface area contributed by atoms with Crippen molar-refractivity contribution in [3.63, 3.8) is 0 Å². The molecule has 24 heavy (non-hydrogen) atoms. The summed E-state index contributed by atoms with van der Waals surface area (Å²) in [5.74, 6) is 0.357. The van der Waals surface area contributed by atoms with E-state index in [0.717, 1.165) is 24.2 Å². The van der Waals surface area contributed by atoms with Crippen molar-refractivity contribution in [2.24, 2.45) is 5.92 Å². The zero-order valence-electron chi connectivity index (χ0n) is 14.3. The summed E-state index contributed by atoms with van der Waals surface area (Å²) in [7, 11) is 0. The van der Waals surface area contributed by atoms with Crippen molar-refractivity contribution >= 4 is 23.6 Å². The van der Waals surface area contributed by atoms with E-state index in [2.05, 4.69) is 17.5 Å². The molecule has 0 saturated carbocycles. The van der Waals surface area contributed by atoms with Crippen LogP contribution >= 0.6 is 11.8 Å². The standard InChI is InChI=1S/C19H25NO3S/c1-14(2)20-18(21)13-24-17-11-7-6-10-16(17)19(22)23-12-15-8-4-3-5-9-15/h3-4,6-7,10-11,14-15H,5,8-9,12-13H2,1-2H3,(H,20,21). The lowest BCUT2D eigenvalue weighted by atomic mass is 9.95. The van der Waals surface area contributed by atoms with Gasteiger partial charge in [-0.2, -0.15) is 0 Å². The van der Waals surface area contributed by atoms with Crippen molar-refractivity contribution < 1.29 is 14.3 Å². The summed E-state index contributed by atoms with van der Waals surface area (Å²) in [5.41, 5.74) is 0.534. The van der Waals surface area contributed by atoms with Gasteiger partial charge >= 0.3 is 5.97 Å². The lowest BCUT2D eigenvalue weighted by molar-refractivity contribution is -0.119. The molecule has 1 aliphatic carbocycles. The maximum Gasteiger partial charge on any atom is 0.339 e. The highest BCUT2D eigenvalue weighted by Crippen LogP contribution is 2.24. The number of amides is 1. The summed E-state index contributed by atoms with van der Waals surface area (Å²) in [4.78, 5) is 24.9. The summed E-state index contributed by atoms with van der Waals surface area (Å²) in [6, 6.07) is 7.41. The Morgan fingerprint density at radius 1 is 1.29 bits per heavy atom. The molecule has 1 aliphatic rings. The largest absolute Gasteiger partial charge is 0.462 e. The molecule has 1 N–H and O–H groups in total. The van der Waals surface area contributed by atoms with Crippen LogP contribution in [0.5, 0.6) is 0 Å². The Labute approximate surface area is 148 Å². The molecule has 0 fully saturated rings. The summed E-state index contributed by atoms with van der Waals surface area (Å²) < 4.78 is 5.49. The lowest BCUT2D eigenvalue weighted by Gasteiger charge is -2.18. The third-order valence-electron chi connectivity index (χ3n) is 3.74. The van der Waals surface area contributed by atoms with Gasteiger partial charge in [-0.25, -0.2) is 4.79 Å². The minimum atomic E-state index is -0.308. The Bertz CT molecular complexity index is 598. The molecular formula is C19H25NO3S. The first-order chi connectivity index (χ1) is 11.6. The Hall–Kier alpha value is -1.75. The molecule has 0 radical (unpaired) electrons. The molecule has 2 rings (SSSR count). The van der Waals surface area contributed by atoms with Gasteiger partial charge in [0.2, 0.25) is 5.91 Å². The number of benzene rings is 1. The molecular weight excluding hydrogens is 322 g/mol. The van der Waals surface area contributed by atoms with Gasteiger partial charge in [0.25, 0.3) is 0 Å². The third-order valence-corrected chi connectivity index (χ3v) is 4.82. The van der Waals surface area contributed by atoms with E-state index in [9.17, 15) is 9.59 Å². The van der Waals surface area contributed by atoms with Crippen molar-refractivity contribution in [3.05, 3.63) is 42.0 Å². The van der Waals surface area contributed by atoms with Crippen LogP contribution in [-0.2, 0) is 9.53 Å². The highest BCUT2D eigenvalue weighted by Gasteiger charge is 2.17. The Morgan fingerprint density at radius 3 is 2.79 bits per heavy atom. The van der Waals surface area contributed by atoms with Gasteiger partial charge in [0.1, 0.15) is 0 Å². The zero-order chi connectivity index (χ0) is 17.4. The average Bonchev–Trinajstić information content (AvgIpc) is 2.58. The zero-order valence-corrected chi connectivity index (χ0v) is 15.1. The summed E-state index contributed by atoms with van der Waals surface area (Å²) in [5, 5.41) is 2.85. The van der Waals surface area contributed by atoms with E-state index in [1.807, 2.05) is 32.0 Å². The molecule has 130 valence electrons. The molecule has 1 unspecified atom stereocenters. The maximum atomic E-state index is 12.4. The SMILES string of the molecule is CC(C)NC(=O)CSc1ccccc1C(=O)OCC1CC=CCC1. The van der Waals surface area contributed by atoms with Crippen molar-refractivity contribution in [1.29, 1.82) is 0 Å². The number of esters is 1. The van der Waals surface area contributed by atoms with Gasteiger partial charge in [-0.3, -0.25) is 4.79 Å². The van der Waals surface area contributed by atoms with Crippen LogP contribution in [0.1, 0.15) is 43.5 Å². The minimum Gasteiger partial charge on any atom is -0.462 e. The molecule has 0 saturated heterocycles. The van der Waals surface area contributed by atoms with Gasteiger partial charge in [0.05, 0.1) is 17.9 Å². The smallest absolute Gasteiger partial charge is 0.339 e. The van der Waals surface area contributed by atoms with Crippen LogP contribution in [0.25, 0.3) is 0 Å². The number of nitrogens with one attached hydrogen (secondary N) is 1. The van der Waals surface area contributed by atoms with Crippen LogP contribution in [0, 0.1) is 5.92 Å². The van der Waals surface area contributed by atoms with E-state index < -0.39 is 0 Å². The van der Waals surface area contributed by atoms with Crippen molar-refractivity contribution in [3.8, 4) is 0 Å². The monoisotopic (exact) mass is 347 g/mol. The Kier molecular flexibility index (Phi) is 7.37. The fourth-order valence-electron chi connectivity index (χ4n) is 2.55. The molecule has 1 aromatic carbocycles. The molecule has 5 heteroatoms. The van der Waals surface area contributed by atoms with Crippen molar-refractivity contribution in [1.82, 2.24) is 5.32 Å². The van der Waals surface area contributed by atoms with E-state index in [0.29, 0.717) is 18.1 Å². The third kappa shape index (κ3) is 6.04. The second kappa shape index (κ2) is 9.52. The molecule has 1 amide bonds. The summed E-state index contributed by atoms with van der Waals surface area (Å²) in [6.07, 6.45) is 7.42. The maximum absolute atomic E-state index is 12.4. The van der Waals surface area contributed by atoms with E-state index in [-0.39, 0.29) is 23.7 Å². The van der Waals surface area contributed by atoms with Crippen LogP contribution < -0.4 is 5.32 Å². The van der Waals surface area contributed by atoms with Crippen LogP contribution in [0.3, 0.4) is 0 Å². The average molecular weight is 347 g/mol. The first-order valence-electron chi connectivity index (χ1n) is 8.39. The second-order valence-electron chi connectivity index (χ2n) is 6.26. The van der Waals surface area contributed by atoms with Crippen molar-refractivity contribution in [2.75, 3.05) is 12.4 Å². The molecule has 0 aliphatic heterocycles. The highest BCUT2D eigenvalue weighted by molar-refractivity contribution is 8.00. The molecule has 1 aromatic rings. The molecule has 0 spiro atoms. The minimum absolute atomic E-state index is 0.0350. The van der Waals surface area contributed by atoms with Crippen LogP contribution in [0.15, 0.2) is 41.3 Å². The lowest BCUT2D eigenvalue weighted by Crippen LogP contribution is -2.31. The normalized spacial score (nSPS) is 16.9. The quantitative estimate of drug-likeness (QED) is 0.463. The van der Waals surface area contributed by atoms with Crippen LogP contribution in [0.4, 0.5) is 0 Å². The van der Waals surface area contributed by atoms with Crippen LogP contribution in [0.2, 0.25) is 0 Å². The van der Waals surface area contributed by atoms with Gasteiger partial charge in [0, 0.05) is 10.9 Å². The first-order valence-corrected chi connectivity index (χ1v) is 9.38. The van der Waals surface area contributed by atoms with E-state index >= 15 is 0 Å². The topological polar surface area (TPSA) is 55.4 Å². The van der Waals surface area contributed by atoms with Gasteiger partial charge in [-0.05, 0) is 51.2 Å². The number of thioether (sulfide) groups is 1. The number of ether oxygens (including phenoxy) is 1. The Balaban J connectivity index is 1.90. The Morgan fingerprint density at radius 2 is 2.08 bits per heavy atom. The number of carbonyl (C=O) groups is 2. The molecule has 0 bridgehead atoms. The van der Waals surface area contributed by atoms with E-state index in [1.54, 1.807) is 6.07 Å². The van der Waals surface area contributed by atoms with Gasteiger partial charge in [0.15, 0.2) is 0 Å². The number of allylic oxidation sites excluding steroid dienone is 2. The number of hydrogen-bond acceptors (Lipinski definition) is 4. The number of hydrogen-bond donors (Lipinski definition) is 1. The molecule has 1 atom stereocenters. The molecule has 4 nitrogen and oxygen atoms in total. The fraction of sp³-hybridized carbons (Fsp3) is 0.474. The number of carbonyl (C=O) groups excluding carboxylic acids is 2. The fourth-order valence-corrected chi connectivity index (χ4v) is 3.40. The van der Waals surface area contributed by atoms with Crippen LogP contribution in [-0.4, -0.2) is 30.3 Å². The summed E-state index contributed by atoms with van der Waals surface area (Å²) in [6.45, 7) is 4.30. The van der Waals surface area contributed by atoms with Crippen molar-refractivity contribution in [2.45, 2.75) is 44.0 Å². The number of rotatable bonds is 7. The summed E-state index contributed by atoms with van der Waals surface area (Å²) >= 11 is 1.36. The molecule has 0 heterocycles.